The van der Waals surface area contributed by atoms with Crippen LogP contribution in [0, 0.1) is 64.6 Å². The Morgan fingerprint density at radius 2 is 1.47 bits per heavy atom. The molecule has 0 aromatic carbocycles. The molecule has 5 fully saturated rings. The molecule has 3 heteroatoms. The summed E-state index contributed by atoms with van der Waals surface area (Å²) in [4.78, 5) is 6.25. The molecule has 0 aromatic rings. The Morgan fingerprint density at radius 3 is 2.30 bits per heavy atom. The maximum absolute atomic E-state index is 7.02. The molecule has 0 saturated heterocycles. The van der Waals surface area contributed by atoms with Crippen molar-refractivity contribution in [2.24, 2.45) is 64.6 Å². The molecule has 0 aromatic heterocycles. The van der Waals surface area contributed by atoms with Crippen LogP contribution in [0.5, 0.6) is 0 Å². The Morgan fingerprint density at radius 1 is 0.643 bits per heavy atom. The van der Waals surface area contributed by atoms with Crippen LogP contribution in [0.15, 0.2) is 108 Å². The number of fused-ring (bicyclic) bond motifs is 6. The van der Waals surface area contributed by atoms with Gasteiger partial charge in [-0.1, -0.05) is 116 Å². The van der Waals surface area contributed by atoms with Crippen LogP contribution in [0.25, 0.3) is 0 Å². The van der Waals surface area contributed by atoms with Gasteiger partial charge in [-0.2, -0.15) is 0 Å². The van der Waals surface area contributed by atoms with E-state index in [0.717, 1.165) is 54.0 Å². The average molecular weight is 944 g/mol. The zero-order valence-electron chi connectivity index (χ0n) is 43.8. The second-order valence-electron chi connectivity index (χ2n) is 26.3. The number of nitrogens with zero attached hydrogens (tertiary/aromatic N) is 2. The molecule has 3 nitrogen and oxygen atoms in total. The van der Waals surface area contributed by atoms with Gasteiger partial charge in [0.2, 0.25) is 0 Å². The van der Waals surface area contributed by atoms with E-state index in [2.05, 4.69) is 89.3 Å². The smallest absolute Gasteiger partial charge is 0.0616 e. The van der Waals surface area contributed by atoms with Gasteiger partial charge in [0.25, 0.3) is 0 Å². The van der Waals surface area contributed by atoms with Crippen LogP contribution < -0.4 is 0 Å². The second-order valence-corrected chi connectivity index (χ2v) is 26.3. The summed E-state index contributed by atoms with van der Waals surface area (Å²) in [5, 5.41) is 0. The van der Waals surface area contributed by atoms with Crippen molar-refractivity contribution in [1.82, 2.24) is 9.80 Å². The maximum Gasteiger partial charge on any atom is 0.0616 e. The van der Waals surface area contributed by atoms with E-state index in [1.54, 1.807) is 17.0 Å². The lowest BCUT2D eigenvalue weighted by Crippen LogP contribution is -2.48. The molecular formula is C67H94N2O. The number of rotatable bonds is 10. The molecule has 0 radical (unpaired) electrons. The predicted molar refractivity (Wildman–Crippen MR) is 291 cm³/mol. The van der Waals surface area contributed by atoms with Gasteiger partial charge in [-0.25, -0.2) is 0 Å². The van der Waals surface area contributed by atoms with E-state index in [0.29, 0.717) is 48.0 Å². The van der Waals surface area contributed by atoms with Crippen LogP contribution in [-0.2, 0) is 4.74 Å². The van der Waals surface area contributed by atoms with E-state index in [1.165, 1.54) is 199 Å². The van der Waals surface area contributed by atoms with Crippen molar-refractivity contribution in [1.29, 1.82) is 0 Å². The van der Waals surface area contributed by atoms with E-state index in [4.69, 9.17) is 4.74 Å². The van der Waals surface area contributed by atoms with Gasteiger partial charge in [-0.15, -0.1) is 6.58 Å². The first kappa shape index (κ1) is 47.0. The first-order valence-electron chi connectivity index (χ1n) is 31.0. The van der Waals surface area contributed by atoms with Gasteiger partial charge in [0.05, 0.1) is 12.2 Å². The minimum absolute atomic E-state index is 0.211. The van der Waals surface area contributed by atoms with Gasteiger partial charge in [0, 0.05) is 46.9 Å². The third-order valence-electron chi connectivity index (χ3n) is 23.1. The minimum atomic E-state index is 0.211. The highest BCUT2D eigenvalue weighted by Gasteiger charge is 2.63. The Balaban J connectivity index is 0.806. The van der Waals surface area contributed by atoms with Crippen molar-refractivity contribution in [3.63, 3.8) is 0 Å². The summed E-state index contributed by atoms with van der Waals surface area (Å²) in [6, 6.07) is 2.79. The summed E-state index contributed by atoms with van der Waals surface area (Å²) < 4.78 is 7.02. The summed E-state index contributed by atoms with van der Waals surface area (Å²) in [6.45, 7) is 4.12. The van der Waals surface area contributed by atoms with Crippen LogP contribution in [0.4, 0.5) is 0 Å². The first-order chi connectivity index (χ1) is 34.6. The zero-order valence-corrected chi connectivity index (χ0v) is 43.8. The summed E-state index contributed by atoms with van der Waals surface area (Å²) >= 11 is 0. The lowest BCUT2D eigenvalue weighted by molar-refractivity contribution is -0.0396. The molecular weight excluding hydrogens is 849 g/mol. The number of allylic oxidation sites excluding steroid dienone is 13. The van der Waals surface area contributed by atoms with Gasteiger partial charge in [-0.05, 0) is 232 Å². The maximum atomic E-state index is 7.02. The van der Waals surface area contributed by atoms with E-state index >= 15 is 0 Å². The zero-order chi connectivity index (χ0) is 46.6. The lowest BCUT2D eigenvalue weighted by atomic mass is 9.54. The van der Waals surface area contributed by atoms with E-state index < -0.39 is 0 Å². The molecule has 5 saturated carbocycles. The summed E-state index contributed by atoms with van der Waals surface area (Å²) in [7, 11) is 0. The molecule has 13 rings (SSSR count). The van der Waals surface area contributed by atoms with Crippen molar-refractivity contribution in [3.8, 4) is 0 Å². The fourth-order valence-corrected chi connectivity index (χ4v) is 19.9. The molecule has 70 heavy (non-hydrogen) atoms. The Labute approximate surface area is 426 Å². The standard InChI is InChI=1S/C67H94N2O/c1-2-46-25-37-57(38-26-46)70-58-39-31-52(32-40-58)67(51-17-5-3-6-18-51)63-23-13-11-21-59(63)60-41-36-56(45-64(60)67)68(55-35-29-47-15-9-10-16-49(47)43-55)54-33-27-48(28-34-54)50-30-42-66-62(44-50)61-22-12-14-24-65(61)69(66)53-19-7-4-8-20-53/h2,5,12-14,17,23,29,31,35,44-49,51,53-55,57-61,63-65H,1,3-4,6-11,15-16,18-22,24-28,30,32-34,36-43H2. The quantitative estimate of drug-likeness (QED) is 0.203. The van der Waals surface area contributed by atoms with Crippen LogP contribution >= 0.6 is 0 Å². The van der Waals surface area contributed by atoms with Crippen molar-refractivity contribution in [3.05, 3.63) is 108 Å². The van der Waals surface area contributed by atoms with Crippen LogP contribution in [0.2, 0.25) is 0 Å². The van der Waals surface area contributed by atoms with Gasteiger partial charge >= 0.3 is 0 Å². The van der Waals surface area contributed by atoms with E-state index in [1.807, 2.05) is 11.1 Å². The molecule has 1 heterocycles. The molecule has 0 spiro atoms. The van der Waals surface area contributed by atoms with E-state index in [-0.39, 0.29) is 5.41 Å². The molecule has 12 atom stereocenters. The molecule has 12 unspecified atom stereocenters. The summed E-state index contributed by atoms with van der Waals surface area (Å²) in [6.07, 6.45) is 76.4. The van der Waals surface area contributed by atoms with Crippen molar-refractivity contribution in [2.45, 2.75) is 242 Å². The number of ether oxygens (including phenoxy) is 1. The molecule has 0 bridgehead atoms. The highest BCUT2D eigenvalue weighted by molar-refractivity contribution is 5.43. The SMILES string of the molecule is C=CC1CCC(OC2CC=C(C3(C4C=CCCC4)C4C=CCCC4C4CCC(N(C5C=CC6CCCCC6C5)C5CCC(C6=CC7=C(CC6)N(C6CCCCC6)C6CC=CCC76)CC5)=CC43)CC2)CC1. The van der Waals surface area contributed by atoms with Gasteiger partial charge in [-0.3, -0.25) is 0 Å². The highest BCUT2D eigenvalue weighted by atomic mass is 16.5. The largest absolute Gasteiger partial charge is 0.375 e. The second kappa shape index (κ2) is 20.5. The Bertz CT molecular complexity index is 2140. The molecule has 0 N–H and O–H groups in total. The van der Waals surface area contributed by atoms with Crippen LogP contribution in [0.3, 0.4) is 0 Å². The Hall–Kier alpha value is -2.78. The van der Waals surface area contributed by atoms with Gasteiger partial charge in [0.15, 0.2) is 0 Å². The normalized spacial score (nSPS) is 43.8. The molecule has 12 aliphatic carbocycles. The van der Waals surface area contributed by atoms with Crippen LogP contribution in [0.1, 0.15) is 205 Å². The predicted octanol–water partition coefficient (Wildman–Crippen LogP) is 17.0. The topological polar surface area (TPSA) is 15.7 Å². The number of hydrogen-bond acceptors (Lipinski definition) is 3. The molecule has 0 amide bonds. The summed E-state index contributed by atoms with van der Waals surface area (Å²) in [5.74, 6) is 7.54. The Kier molecular flexibility index (Phi) is 13.8. The fraction of sp³-hybridized carbons (Fsp3) is 0.731. The monoisotopic (exact) mass is 943 g/mol. The van der Waals surface area contributed by atoms with Crippen molar-refractivity contribution in [2.75, 3.05) is 0 Å². The molecule has 378 valence electrons. The highest BCUT2D eigenvalue weighted by Crippen LogP contribution is 2.69. The number of hydrogen-bond donors (Lipinski definition) is 0. The minimum Gasteiger partial charge on any atom is -0.375 e. The summed E-state index contributed by atoms with van der Waals surface area (Å²) in [5.41, 5.74) is 9.31. The first-order valence-corrected chi connectivity index (χ1v) is 31.0. The molecule has 13 aliphatic rings. The third-order valence-corrected chi connectivity index (χ3v) is 23.1. The van der Waals surface area contributed by atoms with Gasteiger partial charge in [0.1, 0.15) is 0 Å². The average Bonchev–Trinajstić information content (AvgIpc) is 3.92. The fourth-order valence-electron chi connectivity index (χ4n) is 19.9. The van der Waals surface area contributed by atoms with Crippen molar-refractivity contribution < 1.29 is 4.74 Å². The van der Waals surface area contributed by atoms with E-state index in [9.17, 15) is 0 Å². The van der Waals surface area contributed by atoms with Gasteiger partial charge < -0.3 is 14.5 Å². The lowest BCUT2D eigenvalue weighted by Gasteiger charge is -2.52. The molecule has 1 aliphatic heterocycles. The van der Waals surface area contributed by atoms with Crippen molar-refractivity contribution >= 4 is 0 Å². The third kappa shape index (κ3) is 8.56. The van der Waals surface area contributed by atoms with Crippen LogP contribution in [-0.4, -0.2) is 46.2 Å².